The largest absolute Gasteiger partial charge is 0.388 e. The van der Waals surface area contributed by atoms with Gasteiger partial charge in [-0.05, 0) is 32.1 Å². The maximum Gasteiger partial charge on any atom is 0.244 e. The molecule has 33 heavy (non-hydrogen) atoms. The smallest absolute Gasteiger partial charge is 0.244 e. The fourth-order valence-electron chi connectivity index (χ4n) is 3.30. The molecule has 0 unspecified atom stereocenters. The zero-order chi connectivity index (χ0) is 24.5. The van der Waals surface area contributed by atoms with E-state index in [0.29, 0.717) is 6.54 Å². The summed E-state index contributed by atoms with van der Waals surface area (Å²) in [6.45, 7) is 6.83. The fourth-order valence-corrected chi connectivity index (χ4v) is 3.30. The quantitative estimate of drug-likeness (QED) is 0.111. The van der Waals surface area contributed by atoms with Crippen LogP contribution in [0.15, 0.2) is 72.9 Å². The van der Waals surface area contributed by atoms with E-state index < -0.39 is 5.60 Å². The highest BCUT2D eigenvalue weighted by molar-refractivity contribution is 5.87. The van der Waals surface area contributed by atoms with Crippen molar-refractivity contribution in [3.05, 3.63) is 72.9 Å². The molecule has 0 aromatic carbocycles. The summed E-state index contributed by atoms with van der Waals surface area (Å²) in [6, 6.07) is 0. The van der Waals surface area contributed by atoms with Crippen LogP contribution in [0.3, 0.4) is 0 Å². The first-order valence-corrected chi connectivity index (χ1v) is 13.1. The van der Waals surface area contributed by atoms with Gasteiger partial charge in [0.05, 0.1) is 5.60 Å². The van der Waals surface area contributed by atoms with Gasteiger partial charge < -0.3 is 10.4 Å². The van der Waals surface area contributed by atoms with Gasteiger partial charge in [0.15, 0.2) is 0 Å². The molecule has 0 saturated heterocycles. The summed E-state index contributed by atoms with van der Waals surface area (Å²) >= 11 is 0. The first kappa shape index (κ1) is 30.9. The highest BCUT2D eigenvalue weighted by Crippen LogP contribution is 2.22. The molecule has 0 aliphatic carbocycles. The van der Waals surface area contributed by atoms with Gasteiger partial charge in [-0.1, -0.05) is 133 Å². The number of carbonyl (C=O) groups excluding carboxylic acids is 1. The van der Waals surface area contributed by atoms with Gasteiger partial charge in [-0.3, -0.25) is 4.79 Å². The molecule has 0 heterocycles. The molecule has 0 rings (SSSR count). The molecule has 0 aromatic heterocycles. The number of rotatable bonds is 20. The zero-order valence-electron chi connectivity index (χ0n) is 21.5. The van der Waals surface area contributed by atoms with Crippen LogP contribution in [-0.2, 0) is 4.79 Å². The Labute approximate surface area is 204 Å². The Kier molecular flexibility index (Phi) is 21.6. The highest BCUT2D eigenvalue weighted by atomic mass is 16.3. The molecule has 1 amide bonds. The van der Waals surface area contributed by atoms with E-state index in [0.717, 1.165) is 70.6 Å². The van der Waals surface area contributed by atoms with Crippen LogP contribution in [0.4, 0.5) is 0 Å². The second-order valence-electron chi connectivity index (χ2n) is 8.64. The summed E-state index contributed by atoms with van der Waals surface area (Å²) < 4.78 is 0. The summed E-state index contributed by atoms with van der Waals surface area (Å²) in [7, 11) is 0. The molecule has 0 fully saturated rings. The third-order valence-corrected chi connectivity index (χ3v) is 5.36. The molecule has 0 aromatic rings. The van der Waals surface area contributed by atoms with Gasteiger partial charge in [0.25, 0.3) is 0 Å². The Morgan fingerprint density at radius 1 is 0.667 bits per heavy atom. The van der Waals surface area contributed by atoms with Crippen molar-refractivity contribution < 1.29 is 9.90 Å². The average Bonchev–Trinajstić information content (AvgIpc) is 2.81. The molecule has 0 bridgehead atoms. The van der Waals surface area contributed by atoms with Gasteiger partial charge in [-0.15, -0.1) is 0 Å². The van der Waals surface area contributed by atoms with Crippen molar-refractivity contribution in [2.45, 2.75) is 103 Å². The standard InChI is InChI=1S/C30H49NO2/c1-4-7-10-11-12-13-14-15-16-17-18-19-20-21-22-25-29(32)31-28-30(33,26-23-8-5-2)27-24-9-6-3/h10-15,18-22,25,33H,4-9,16-17,23-24,26-28H2,1-3H3,(H,31,32). The fraction of sp³-hybridized carbons (Fsp3) is 0.567. The predicted octanol–water partition coefficient (Wildman–Crippen LogP) is 7.91. The van der Waals surface area contributed by atoms with Crippen LogP contribution < -0.4 is 5.32 Å². The van der Waals surface area contributed by atoms with E-state index >= 15 is 0 Å². The maximum absolute atomic E-state index is 12.1. The van der Waals surface area contributed by atoms with Gasteiger partial charge in [0, 0.05) is 12.6 Å². The lowest BCUT2D eigenvalue weighted by Gasteiger charge is -2.28. The Hall–Kier alpha value is -2.13. The third-order valence-electron chi connectivity index (χ3n) is 5.36. The van der Waals surface area contributed by atoms with Crippen LogP contribution >= 0.6 is 0 Å². The molecule has 3 heteroatoms. The minimum atomic E-state index is -0.789. The Morgan fingerprint density at radius 3 is 1.64 bits per heavy atom. The second kappa shape index (κ2) is 23.0. The number of amides is 1. The van der Waals surface area contributed by atoms with Crippen molar-refractivity contribution in [1.29, 1.82) is 0 Å². The molecule has 0 aliphatic heterocycles. The summed E-state index contributed by atoms with van der Waals surface area (Å²) in [5.41, 5.74) is -0.789. The van der Waals surface area contributed by atoms with E-state index in [1.54, 1.807) is 6.08 Å². The molecule has 2 N–H and O–H groups in total. The summed E-state index contributed by atoms with van der Waals surface area (Å²) in [6.07, 6.45) is 36.1. The minimum absolute atomic E-state index is 0.157. The van der Waals surface area contributed by atoms with Gasteiger partial charge in [-0.2, -0.15) is 0 Å². The minimum Gasteiger partial charge on any atom is -0.388 e. The predicted molar refractivity (Wildman–Crippen MR) is 145 cm³/mol. The van der Waals surface area contributed by atoms with E-state index in [4.69, 9.17) is 0 Å². The van der Waals surface area contributed by atoms with Crippen molar-refractivity contribution in [3.8, 4) is 0 Å². The summed E-state index contributed by atoms with van der Waals surface area (Å²) in [5, 5.41) is 13.8. The van der Waals surface area contributed by atoms with Crippen LogP contribution in [0.2, 0.25) is 0 Å². The van der Waals surface area contributed by atoms with Crippen molar-refractivity contribution in [1.82, 2.24) is 5.32 Å². The average molecular weight is 456 g/mol. The summed E-state index contributed by atoms with van der Waals surface area (Å²) in [5.74, 6) is -0.157. The van der Waals surface area contributed by atoms with E-state index in [9.17, 15) is 9.90 Å². The Morgan fingerprint density at radius 2 is 1.15 bits per heavy atom. The van der Waals surface area contributed by atoms with Crippen LogP contribution in [0.1, 0.15) is 97.8 Å². The van der Waals surface area contributed by atoms with Crippen LogP contribution in [0, 0.1) is 0 Å². The van der Waals surface area contributed by atoms with Crippen molar-refractivity contribution in [2.24, 2.45) is 0 Å². The third kappa shape index (κ3) is 21.5. The number of hydrogen-bond acceptors (Lipinski definition) is 2. The van der Waals surface area contributed by atoms with Crippen molar-refractivity contribution >= 4 is 5.91 Å². The van der Waals surface area contributed by atoms with Gasteiger partial charge in [-0.25, -0.2) is 0 Å². The van der Waals surface area contributed by atoms with Crippen molar-refractivity contribution in [3.63, 3.8) is 0 Å². The van der Waals surface area contributed by atoms with E-state index in [1.165, 1.54) is 12.5 Å². The lowest BCUT2D eigenvalue weighted by molar-refractivity contribution is -0.118. The van der Waals surface area contributed by atoms with Crippen LogP contribution in [0.5, 0.6) is 0 Å². The van der Waals surface area contributed by atoms with Crippen LogP contribution in [0.25, 0.3) is 0 Å². The lowest BCUT2D eigenvalue weighted by Crippen LogP contribution is -2.42. The van der Waals surface area contributed by atoms with E-state index in [1.807, 2.05) is 18.2 Å². The number of nitrogens with one attached hydrogen (secondary N) is 1. The molecule has 3 nitrogen and oxygen atoms in total. The topological polar surface area (TPSA) is 49.3 Å². The zero-order valence-corrected chi connectivity index (χ0v) is 21.5. The normalized spacial score (nSPS) is 13.2. The number of aliphatic hydroxyl groups is 1. The molecule has 0 saturated carbocycles. The number of unbranched alkanes of at least 4 members (excludes halogenated alkanes) is 6. The Balaban J connectivity index is 4.17. The van der Waals surface area contributed by atoms with Crippen molar-refractivity contribution in [2.75, 3.05) is 6.54 Å². The molecular weight excluding hydrogens is 406 g/mol. The molecular formula is C30H49NO2. The molecule has 186 valence electrons. The molecule has 0 aliphatic rings. The lowest BCUT2D eigenvalue weighted by atomic mass is 9.90. The molecule has 0 atom stereocenters. The first-order chi connectivity index (χ1) is 16.1. The van der Waals surface area contributed by atoms with E-state index in [2.05, 4.69) is 68.6 Å². The first-order valence-electron chi connectivity index (χ1n) is 13.1. The van der Waals surface area contributed by atoms with Gasteiger partial charge in [0.2, 0.25) is 5.91 Å². The van der Waals surface area contributed by atoms with Gasteiger partial charge >= 0.3 is 0 Å². The monoisotopic (exact) mass is 455 g/mol. The highest BCUT2D eigenvalue weighted by Gasteiger charge is 2.26. The second-order valence-corrected chi connectivity index (χ2v) is 8.64. The summed E-state index contributed by atoms with van der Waals surface area (Å²) in [4.78, 5) is 12.1. The SMILES string of the molecule is CCCC=CC=CC=CCCC=CC=CC=CC(=O)NCC(O)(CCCCC)CCCCC. The molecule has 0 radical (unpaired) electrons. The number of carbonyl (C=O) groups is 1. The molecule has 0 spiro atoms. The van der Waals surface area contributed by atoms with Crippen LogP contribution in [-0.4, -0.2) is 23.2 Å². The Bertz CT molecular complexity index is 628. The maximum atomic E-state index is 12.1. The van der Waals surface area contributed by atoms with E-state index in [-0.39, 0.29) is 5.91 Å². The van der Waals surface area contributed by atoms with Gasteiger partial charge in [0.1, 0.15) is 0 Å². The number of hydrogen-bond donors (Lipinski definition) is 2. The number of allylic oxidation sites excluding steroid dienone is 11.